The number of aryl methyl sites for hydroxylation is 1. The van der Waals surface area contributed by atoms with Crippen LogP contribution < -0.4 is 10.0 Å². The molecule has 162 valence electrons. The lowest BCUT2D eigenvalue weighted by molar-refractivity contribution is -0.389. The fourth-order valence-corrected chi connectivity index (χ4v) is 3.69. The third-order valence-electron chi connectivity index (χ3n) is 4.15. The van der Waals surface area contributed by atoms with Crippen molar-refractivity contribution in [3.05, 3.63) is 63.4 Å². The first-order chi connectivity index (χ1) is 14.6. The van der Waals surface area contributed by atoms with Crippen LogP contribution in [0.2, 0.25) is 5.15 Å². The second-order valence-corrected chi connectivity index (χ2v) is 8.45. The number of carbonyl (C=O) groups excluding carboxylic acids is 1. The van der Waals surface area contributed by atoms with Crippen LogP contribution in [-0.2, 0) is 14.8 Å². The lowest BCUT2D eigenvalue weighted by atomic mass is 10.2. The lowest BCUT2D eigenvalue weighted by Gasteiger charge is -2.12. The predicted molar refractivity (Wildman–Crippen MR) is 111 cm³/mol. The van der Waals surface area contributed by atoms with Crippen molar-refractivity contribution >= 4 is 44.9 Å². The Balaban J connectivity index is 1.70. The molecule has 2 N–H and O–H groups in total. The van der Waals surface area contributed by atoms with Crippen molar-refractivity contribution in [1.82, 2.24) is 20.0 Å². The number of hydrogen-bond acceptors (Lipinski definition) is 8. The van der Waals surface area contributed by atoms with E-state index in [9.17, 15) is 23.3 Å². The van der Waals surface area contributed by atoms with Crippen molar-refractivity contribution in [1.29, 1.82) is 0 Å². The summed E-state index contributed by atoms with van der Waals surface area (Å²) < 4.78 is 28.4. The van der Waals surface area contributed by atoms with Crippen molar-refractivity contribution in [2.75, 3.05) is 10.0 Å². The van der Waals surface area contributed by atoms with E-state index in [1.807, 2.05) is 0 Å². The molecule has 3 rings (SSSR count). The highest BCUT2D eigenvalue weighted by molar-refractivity contribution is 7.92. The number of halogens is 1. The van der Waals surface area contributed by atoms with Crippen molar-refractivity contribution in [3.63, 3.8) is 0 Å². The van der Waals surface area contributed by atoms with E-state index in [4.69, 9.17) is 11.6 Å². The van der Waals surface area contributed by atoms with E-state index in [-0.39, 0.29) is 21.7 Å². The van der Waals surface area contributed by atoms with Crippen molar-refractivity contribution in [3.8, 4) is 0 Å². The predicted octanol–water partition coefficient (Wildman–Crippen LogP) is 2.54. The van der Waals surface area contributed by atoms with E-state index in [2.05, 4.69) is 25.3 Å². The van der Waals surface area contributed by atoms with Crippen LogP contribution in [0.5, 0.6) is 0 Å². The summed E-state index contributed by atoms with van der Waals surface area (Å²) in [4.78, 5) is 22.6. The zero-order valence-electron chi connectivity index (χ0n) is 16.2. The van der Waals surface area contributed by atoms with E-state index >= 15 is 0 Å². The highest BCUT2D eigenvalue weighted by Crippen LogP contribution is 2.20. The van der Waals surface area contributed by atoms with Gasteiger partial charge in [0, 0.05) is 5.69 Å². The van der Waals surface area contributed by atoms with Crippen LogP contribution in [0.4, 0.5) is 17.3 Å². The average molecular weight is 466 g/mol. The number of carbonyl (C=O) groups is 1. The number of hydrogen-bond donors (Lipinski definition) is 2. The van der Waals surface area contributed by atoms with Gasteiger partial charge in [0.25, 0.3) is 15.9 Å². The third kappa shape index (κ3) is 5.13. The quantitative estimate of drug-likeness (QED) is 0.397. The van der Waals surface area contributed by atoms with Gasteiger partial charge < -0.3 is 15.4 Å². The van der Waals surface area contributed by atoms with Gasteiger partial charge in [0.2, 0.25) is 0 Å². The Bertz CT molecular complexity index is 1230. The zero-order valence-corrected chi connectivity index (χ0v) is 17.8. The molecule has 12 nitrogen and oxygen atoms in total. The standard InChI is InChI=1S/C17H16ClN7O5S/c1-10-9-16(25(27)28)22-24(10)11(2)17(26)19-12-3-5-13(6-4-12)31(29,30)23-15-8-7-14(18)20-21-15/h3-9,11H,1-2H3,(H,19,26)(H,21,23). The van der Waals surface area contributed by atoms with Gasteiger partial charge in [-0.3, -0.25) is 9.52 Å². The number of nitrogens with zero attached hydrogens (tertiary/aromatic N) is 5. The summed E-state index contributed by atoms with van der Waals surface area (Å²) >= 11 is 5.62. The molecule has 0 radical (unpaired) electrons. The monoisotopic (exact) mass is 465 g/mol. The van der Waals surface area contributed by atoms with Gasteiger partial charge in [0.15, 0.2) is 11.0 Å². The van der Waals surface area contributed by atoms with Crippen LogP contribution in [0, 0.1) is 17.0 Å². The van der Waals surface area contributed by atoms with Crippen LogP contribution in [0.15, 0.2) is 47.4 Å². The molecule has 2 aromatic heterocycles. The third-order valence-corrected chi connectivity index (χ3v) is 5.72. The minimum Gasteiger partial charge on any atom is -0.358 e. The Morgan fingerprint density at radius 1 is 1.19 bits per heavy atom. The first-order valence-corrected chi connectivity index (χ1v) is 10.6. The summed E-state index contributed by atoms with van der Waals surface area (Å²) in [5, 5.41) is 24.6. The topological polar surface area (TPSA) is 162 Å². The molecule has 1 amide bonds. The van der Waals surface area contributed by atoms with Crippen molar-refractivity contribution in [2.24, 2.45) is 0 Å². The Morgan fingerprint density at radius 3 is 2.42 bits per heavy atom. The Kier molecular flexibility index (Phi) is 6.17. The molecule has 3 aromatic rings. The van der Waals surface area contributed by atoms with Gasteiger partial charge >= 0.3 is 5.82 Å². The van der Waals surface area contributed by atoms with Gasteiger partial charge in [-0.1, -0.05) is 11.6 Å². The number of sulfonamides is 1. The minimum atomic E-state index is -3.93. The van der Waals surface area contributed by atoms with E-state index in [0.717, 1.165) is 0 Å². The first-order valence-electron chi connectivity index (χ1n) is 8.70. The first kappa shape index (κ1) is 22.1. The number of anilines is 2. The van der Waals surface area contributed by atoms with Gasteiger partial charge in [-0.15, -0.1) is 10.2 Å². The summed E-state index contributed by atoms with van der Waals surface area (Å²) in [5.41, 5.74) is 0.786. The van der Waals surface area contributed by atoms with Crippen LogP contribution in [-0.4, -0.2) is 39.2 Å². The lowest BCUT2D eigenvalue weighted by Crippen LogP contribution is -2.25. The van der Waals surface area contributed by atoms with Gasteiger partial charge in [-0.05, 0) is 55.2 Å². The van der Waals surface area contributed by atoms with Gasteiger partial charge in [-0.2, -0.15) is 4.68 Å². The molecule has 0 saturated carbocycles. The maximum atomic E-state index is 12.5. The molecule has 0 saturated heterocycles. The summed E-state index contributed by atoms with van der Waals surface area (Å²) in [6.07, 6.45) is 0. The average Bonchev–Trinajstić information content (AvgIpc) is 3.11. The summed E-state index contributed by atoms with van der Waals surface area (Å²) in [5.74, 6) is -0.838. The number of nitrogens with one attached hydrogen (secondary N) is 2. The molecule has 14 heteroatoms. The van der Waals surface area contributed by atoms with Crippen molar-refractivity contribution in [2.45, 2.75) is 24.8 Å². The molecule has 1 unspecified atom stereocenters. The summed E-state index contributed by atoms with van der Waals surface area (Å²) in [7, 11) is -3.93. The molecule has 0 aliphatic heterocycles. The van der Waals surface area contributed by atoms with E-state index in [0.29, 0.717) is 11.4 Å². The molecule has 0 fully saturated rings. The normalized spacial score (nSPS) is 12.2. The summed E-state index contributed by atoms with van der Waals surface area (Å²) in [6, 6.07) is 8.61. The number of benzene rings is 1. The Labute approximate surface area is 181 Å². The van der Waals surface area contributed by atoms with E-state index < -0.39 is 26.9 Å². The number of rotatable bonds is 7. The number of nitro groups is 1. The maximum absolute atomic E-state index is 12.5. The van der Waals surface area contributed by atoms with Crippen LogP contribution in [0.1, 0.15) is 18.7 Å². The van der Waals surface area contributed by atoms with Crippen LogP contribution >= 0.6 is 11.6 Å². The molecule has 0 bridgehead atoms. The molecular weight excluding hydrogens is 450 g/mol. The maximum Gasteiger partial charge on any atom is 0.390 e. The van der Waals surface area contributed by atoms with Gasteiger partial charge in [0.1, 0.15) is 6.04 Å². The smallest absolute Gasteiger partial charge is 0.358 e. The number of amides is 1. The Hall–Kier alpha value is -3.58. The fraction of sp³-hybridized carbons (Fsp3) is 0.176. The SMILES string of the molecule is Cc1cc([N+](=O)[O-])nn1C(C)C(=O)Nc1ccc(S(=O)(=O)Nc2ccc(Cl)nn2)cc1. The molecule has 0 aliphatic carbocycles. The molecule has 1 aromatic carbocycles. The molecule has 31 heavy (non-hydrogen) atoms. The highest BCUT2D eigenvalue weighted by Gasteiger charge is 2.25. The van der Waals surface area contributed by atoms with Crippen molar-refractivity contribution < 1.29 is 18.1 Å². The second-order valence-electron chi connectivity index (χ2n) is 6.38. The van der Waals surface area contributed by atoms with Gasteiger partial charge in [-0.25, -0.2) is 8.42 Å². The molecular formula is C17H16ClN7O5S. The molecule has 0 spiro atoms. The van der Waals surface area contributed by atoms with Crippen LogP contribution in [0.3, 0.4) is 0 Å². The molecule has 1 atom stereocenters. The van der Waals surface area contributed by atoms with Crippen LogP contribution in [0.25, 0.3) is 0 Å². The zero-order chi connectivity index (χ0) is 22.8. The van der Waals surface area contributed by atoms with E-state index in [1.54, 1.807) is 6.92 Å². The molecule has 0 aliphatic rings. The van der Waals surface area contributed by atoms with E-state index in [1.165, 1.54) is 54.1 Å². The number of aromatic nitrogens is 4. The molecule has 2 heterocycles. The fourth-order valence-electron chi connectivity index (χ4n) is 2.59. The minimum absolute atomic E-state index is 0.000657. The Morgan fingerprint density at radius 2 is 1.87 bits per heavy atom. The second kappa shape index (κ2) is 8.65. The highest BCUT2D eigenvalue weighted by atomic mass is 35.5. The van der Waals surface area contributed by atoms with Gasteiger partial charge in [0.05, 0.1) is 21.8 Å². The largest absolute Gasteiger partial charge is 0.390 e. The summed E-state index contributed by atoms with van der Waals surface area (Å²) in [6.45, 7) is 3.14.